The molecule has 0 saturated carbocycles. The Morgan fingerprint density at radius 2 is 2.24 bits per heavy atom. The topological polar surface area (TPSA) is 32.7 Å². The van der Waals surface area contributed by atoms with Gasteiger partial charge in [-0.3, -0.25) is 4.90 Å². The number of phenolic OH excluding ortho intramolecular Hbond substituents is 1. The quantitative estimate of drug-likeness (QED) is 0.860. The van der Waals surface area contributed by atoms with Gasteiger partial charge in [-0.05, 0) is 50.1 Å². The van der Waals surface area contributed by atoms with Gasteiger partial charge in [0.15, 0.2) is 11.5 Å². The van der Waals surface area contributed by atoms with Gasteiger partial charge in [-0.15, -0.1) is 0 Å². The zero-order valence-corrected chi connectivity index (χ0v) is 12.6. The molecule has 21 heavy (non-hydrogen) atoms. The molecule has 2 aliphatic carbocycles. The maximum atomic E-state index is 10.8. The van der Waals surface area contributed by atoms with Crippen LogP contribution in [0.4, 0.5) is 0 Å². The molecule has 0 spiro atoms. The molecular formula is C18H21NO2. The molecule has 3 nitrogen and oxygen atoms in total. The monoisotopic (exact) mass is 283 g/mol. The molecule has 1 N–H and O–H groups in total. The van der Waals surface area contributed by atoms with E-state index < -0.39 is 0 Å². The van der Waals surface area contributed by atoms with Crippen LogP contribution in [-0.4, -0.2) is 36.8 Å². The summed E-state index contributed by atoms with van der Waals surface area (Å²) in [5, 5.41) is 10.8. The van der Waals surface area contributed by atoms with Gasteiger partial charge in [0.2, 0.25) is 0 Å². The van der Waals surface area contributed by atoms with E-state index in [1.165, 1.54) is 11.1 Å². The summed E-state index contributed by atoms with van der Waals surface area (Å²) in [7, 11) is 3.83. The number of likely N-dealkylation sites (N-methyl/N-ethyl adjacent to an activating group) is 1. The molecule has 110 valence electrons. The Labute approximate surface area is 125 Å². The highest BCUT2D eigenvalue weighted by molar-refractivity contribution is 5.62. The Morgan fingerprint density at radius 3 is 3.05 bits per heavy atom. The van der Waals surface area contributed by atoms with E-state index in [1.54, 1.807) is 7.11 Å². The van der Waals surface area contributed by atoms with Crippen molar-refractivity contribution in [3.8, 4) is 11.5 Å². The van der Waals surface area contributed by atoms with Crippen LogP contribution < -0.4 is 4.74 Å². The minimum Gasteiger partial charge on any atom is -0.504 e. The summed E-state index contributed by atoms with van der Waals surface area (Å²) >= 11 is 0. The zero-order chi connectivity index (χ0) is 14.6. The van der Waals surface area contributed by atoms with Crippen molar-refractivity contribution < 1.29 is 9.84 Å². The first-order valence-electron chi connectivity index (χ1n) is 7.64. The number of ether oxygens (including phenoxy) is 1. The summed E-state index contributed by atoms with van der Waals surface area (Å²) in [4.78, 5) is 2.45. The van der Waals surface area contributed by atoms with Gasteiger partial charge in [-0.2, -0.15) is 0 Å². The minimum atomic E-state index is -0.0296. The molecule has 1 aromatic carbocycles. The van der Waals surface area contributed by atoms with E-state index in [4.69, 9.17) is 4.74 Å². The lowest BCUT2D eigenvalue weighted by Crippen LogP contribution is -2.54. The number of hydrogen-bond donors (Lipinski definition) is 1. The number of aromatic hydroxyl groups is 1. The van der Waals surface area contributed by atoms with E-state index in [-0.39, 0.29) is 5.41 Å². The molecule has 0 radical (unpaired) electrons. The summed E-state index contributed by atoms with van der Waals surface area (Å²) in [6.07, 6.45) is 9.69. The van der Waals surface area contributed by atoms with Crippen molar-refractivity contribution >= 4 is 0 Å². The Hall–Kier alpha value is -1.74. The van der Waals surface area contributed by atoms with Crippen LogP contribution >= 0.6 is 0 Å². The molecule has 0 aromatic heterocycles. The predicted octanol–water partition coefficient (Wildman–Crippen LogP) is 2.79. The van der Waals surface area contributed by atoms with Crippen molar-refractivity contribution in [2.45, 2.75) is 30.7 Å². The number of likely N-dealkylation sites (tertiary alicyclic amines) is 1. The van der Waals surface area contributed by atoms with Gasteiger partial charge in [-0.25, -0.2) is 0 Å². The number of nitrogens with zero attached hydrogens (tertiary/aromatic N) is 1. The molecule has 1 fully saturated rings. The van der Waals surface area contributed by atoms with Crippen LogP contribution in [0.2, 0.25) is 0 Å². The second kappa shape index (κ2) is 4.38. The van der Waals surface area contributed by atoms with Crippen molar-refractivity contribution in [1.82, 2.24) is 4.90 Å². The van der Waals surface area contributed by atoms with Crippen LogP contribution in [0.5, 0.6) is 11.5 Å². The summed E-state index contributed by atoms with van der Waals surface area (Å²) in [5.41, 5.74) is 3.83. The molecule has 3 aliphatic rings. The summed E-state index contributed by atoms with van der Waals surface area (Å²) in [6.45, 7) is 1.08. The minimum absolute atomic E-state index is 0.0296. The third-order valence-corrected chi connectivity index (χ3v) is 5.55. The largest absolute Gasteiger partial charge is 0.504 e. The molecule has 2 unspecified atom stereocenters. The number of benzene rings is 1. The van der Waals surface area contributed by atoms with Crippen molar-refractivity contribution in [3.05, 3.63) is 47.1 Å². The Balaban J connectivity index is 2.00. The fourth-order valence-electron chi connectivity index (χ4n) is 4.48. The number of hydrogen-bond acceptors (Lipinski definition) is 3. The second-order valence-corrected chi connectivity index (χ2v) is 6.44. The molecule has 1 heterocycles. The number of allylic oxidation sites excluding steroid dienone is 3. The fraction of sp³-hybridized carbons (Fsp3) is 0.444. The first-order chi connectivity index (χ1) is 10.2. The van der Waals surface area contributed by atoms with Crippen LogP contribution in [0, 0.1) is 0 Å². The summed E-state index contributed by atoms with van der Waals surface area (Å²) < 4.78 is 5.35. The van der Waals surface area contributed by atoms with Crippen LogP contribution in [0.15, 0.2) is 35.9 Å². The normalized spacial score (nSPS) is 30.4. The van der Waals surface area contributed by atoms with Gasteiger partial charge in [0.05, 0.1) is 7.11 Å². The highest BCUT2D eigenvalue weighted by Crippen LogP contribution is 2.56. The van der Waals surface area contributed by atoms with E-state index >= 15 is 0 Å². The maximum absolute atomic E-state index is 10.8. The number of methoxy groups -OCH3 is 1. The highest BCUT2D eigenvalue weighted by Gasteiger charge is 2.50. The third kappa shape index (κ3) is 1.58. The lowest BCUT2D eigenvalue weighted by atomic mass is 9.58. The SMILES string of the molecule is COc1ccc2c(c1O)C13CC=CC=C1C(C2)N(C)CC3. The highest BCUT2D eigenvalue weighted by atomic mass is 16.5. The van der Waals surface area contributed by atoms with Gasteiger partial charge in [0.1, 0.15) is 0 Å². The standard InChI is InChI=1S/C18H21NO2/c1-19-10-9-18-8-4-3-5-13(18)14(19)11-12-6-7-15(21-2)17(20)16(12)18/h3-7,14,20H,8-11H2,1-2H3. The molecular weight excluding hydrogens is 262 g/mol. The first kappa shape index (κ1) is 13.0. The van der Waals surface area contributed by atoms with Crippen LogP contribution in [0.25, 0.3) is 0 Å². The molecule has 2 bridgehead atoms. The third-order valence-electron chi connectivity index (χ3n) is 5.55. The van der Waals surface area contributed by atoms with E-state index in [1.807, 2.05) is 6.07 Å². The van der Waals surface area contributed by atoms with E-state index in [0.29, 0.717) is 17.5 Å². The van der Waals surface area contributed by atoms with Crippen LogP contribution in [0.1, 0.15) is 24.0 Å². The van der Waals surface area contributed by atoms with E-state index in [2.05, 4.69) is 36.2 Å². The van der Waals surface area contributed by atoms with Crippen molar-refractivity contribution in [2.24, 2.45) is 0 Å². The summed E-state index contributed by atoms with van der Waals surface area (Å²) in [5.74, 6) is 0.939. The van der Waals surface area contributed by atoms with Crippen molar-refractivity contribution in [1.29, 1.82) is 0 Å². The average molecular weight is 283 g/mol. The van der Waals surface area contributed by atoms with Gasteiger partial charge in [-0.1, -0.05) is 24.3 Å². The Bertz CT molecular complexity index is 661. The van der Waals surface area contributed by atoms with E-state index in [0.717, 1.165) is 31.4 Å². The first-order valence-corrected chi connectivity index (χ1v) is 7.64. The lowest BCUT2D eigenvalue weighted by molar-refractivity contribution is 0.164. The number of rotatable bonds is 1. The molecule has 0 amide bonds. The smallest absolute Gasteiger partial charge is 0.162 e. The zero-order valence-electron chi connectivity index (χ0n) is 12.6. The molecule has 1 saturated heterocycles. The van der Waals surface area contributed by atoms with Crippen molar-refractivity contribution in [2.75, 3.05) is 20.7 Å². The average Bonchev–Trinajstić information content (AvgIpc) is 2.51. The van der Waals surface area contributed by atoms with E-state index in [9.17, 15) is 5.11 Å². The molecule has 1 aliphatic heterocycles. The number of piperidine rings is 1. The molecule has 2 atom stereocenters. The number of fused-ring (bicyclic) bond motifs is 1. The fourth-order valence-corrected chi connectivity index (χ4v) is 4.48. The molecule has 3 heteroatoms. The second-order valence-electron chi connectivity index (χ2n) is 6.44. The number of phenols is 1. The van der Waals surface area contributed by atoms with Gasteiger partial charge in [0, 0.05) is 17.0 Å². The van der Waals surface area contributed by atoms with Crippen LogP contribution in [-0.2, 0) is 11.8 Å². The van der Waals surface area contributed by atoms with Gasteiger partial charge in [0.25, 0.3) is 0 Å². The van der Waals surface area contributed by atoms with Gasteiger partial charge >= 0.3 is 0 Å². The molecule has 4 rings (SSSR count). The van der Waals surface area contributed by atoms with Gasteiger partial charge < -0.3 is 9.84 Å². The Kier molecular flexibility index (Phi) is 2.70. The van der Waals surface area contributed by atoms with Crippen LogP contribution in [0.3, 0.4) is 0 Å². The Morgan fingerprint density at radius 1 is 1.38 bits per heavy atom. The lowest BCUT2D eigenvalue weighted by Gasteiger charge is -2.53. The predicted molar refractivity (Wildman–Crippen MR) is 82.9 cm³/mol. The van der Waals surface area contributed by atoms with Crippen molar-refractivity contribution in [3.63, 3.8) is 0 Å². The molecule has 1 aromatic rings. The maximum Gasteiger partial charge on any atom is 0.162 e. The summed E-state index contributed by atoms with van der Waals surface area (Å²) in [6, 6.07) is 4.49.